The summed E-state index contributed by atoms with van der Waals surface area (Å²) >= 11 is 3.24. The second-order valence-electron chi connectivity index (χ2n) is 5.24. The lowest BCUT2D eigenvalue weighted by molar-refractivity contribution is 0.0948. The van der Waals surface area contributed by atoms with Crippen molar-refractivity contribution in [3.8, 4) is 5.75 Å². The van der Waals surface area contributed by atoms with Gasteiger partial charge in [0.25, 0.3) is 5.91 Å². The van der Waals surface area contributed by atoms with Crippen LogP contribution in [0.5, 0.6) is 5.75 Å². The first-order chi connectivity index (χ1) is 10.4. The van der Waals surface area contributed by atoms with Crippen molar-refractivity contribution in [1.29, 1.82) is 0 Å². The van der Waals surface area contributed by atoms with Gasteiger partial charge in [0.15, 0.2) is 0 Å². The fourth-order valence-electron chi connectivity index (χ4n) is 1.97. The fourth-order valence-corrected chi connectivity index (χ4v) is 2.55. The summed E-state index contributed by atoms with van der Waals surface area (Å²) in [5, 5.41) is 12.7. The zero-order valence-corrected chi connectivity index (χ0v) is 14.3. The number of hydrogen-bond acceptors (Lipinski definition) is 4. The molecule has 0 fully saturated rings. The number of carbonyl (C=O) groups is 1. The molecule has 116 valence electrons. The average Bonchev–Trinajstić information content (AvgIpc) is 2.48. The van der Waals surface area contributed by atoms with E-state index in [0.29, 0.717) is 11.0 Å². The number of nitrogens with zero attached hydrogens (tertiary/aromatic N) is 2. The number of carbonyl (C=O) groups excluding carboxylic acids is 1. The van der Waals surface area contributed by atoms with Crippen molar-refractivity contribution in [3.63, 3.8) is 0 Å². The van der Waals surface area contributed by atoms with Gasteiger partial charge in [-0.05, 0) is 52.2 Å². The van der Waals surface area contributed by atoms with Gasteiger partial charge in [-0.25, -0.2) is 4.98 Å². The average molecular weight is 364 g/mol. The number of benzene rings is 1. The SMILES string of the molecule is Cc1cc(Br)c(O)c(C(=O)NCc2ccc(N(C)C)nc2)c1. The van der Waals surface area contributed by atoms with Gasteiger partial charge in [-0.2, -0.15) is 0 Å². The Balaban J connectivity index is 2.07. The van der Waals surface area contributed by atoms with Crippen LogP contribution in [0.15, 0.2) is 34.9 Å². The number of anilines is 1. The number of phenolic OH excluding ortho intramolecular Hbond substituents is 1. The van der Waals surface area contributed by atoms with Crippen LogP contribution in [-0.4, -0.2) is 30.1 Å². The maximum atomic E-state index is 12.2. The minimum Gasteiger partial charge on any atom is -0.506 e. The van der Waals surface area contributed by atoms with E-state index in [9.17, 15) is 9.90 Å². The Labute approximate surface area is 138 Å². The maximum absolute atomic E-state index is 12.2. The van der Waals surface area contributed by atoms with Crippen molar-refractivity contribution in [3.05, 3.63) is 51.6 Å². The van der Waals surface area contributed by atoms with Gasteiger partial charge in [0, 0.05) is 26.8 Å². The van der Waals surface area contributed by atoms with Crippen LogP contribution in [0.1, 0.15) is 21.5 Å². The third kappa shape index (κ3) is 3.76. The summed E-state index contributed by atoms with van der Waals surface area (Å²) in [7, 11) is 3.84. The van der Waals surface area contributed by atoms with Crippen molar-refractivity contribution in [2.45, 2.75) is 13.5 Å². The highest BCUT2D eigenvalue weighted by Gasteiger charge is 2.14. The van der Waals surface area contributed by atoms with E-state index in [-0.39, 0.29) is 17.2 Å². The molecule has 1 heterocycles. The number of aromatic nitrogens is 1. The van der Waals surface area contributed by atoms with Crippen LogP contribution < -0.4 is 10.2 Å². The zero-order chi connectivity index (χ0) is 16.3. The molecule has 0 spiro atoms. The monoisotopic (exact) mass is 363 g/mol. The quantitative estimate of drug-likeness (QED) is 0.876. The van der Waals surface area contributed by atoms with Crippen molar-refractivity contribution in [2.24, 2.45) is 0 Å². The van der Waals surface area contributed by atoms with E-state index in [1.807, 2.05) is 38.1 Å². The molecule has 0 aliphatic rings. The first-order valence-corrected chi connectivity index (χ1v) is 7.57. The molecule has 0 aliphatic heterocycles. The molecular formula is C16H18BrN3O2. The van der Waals surface area contributed by atoms with Gasteiger partial charge in [-0.3, -0.25) is 4.79 Å². The molecule has 1 aromatic heterocycles. The van der Waals surface area contributed by atoms with E-state index < -0.39 is 0 Å². The largest absolute Gasteiger partial charge is 0.506 e. The predicted octanol–water partition coefficient (Wildman–Crippen LogP) is 2.85. The Morgan fingerprint density at radius 3 is 2.68 bits per heavy atom. The minimum absolute atomic E-state index is 0.0517. The van der Waals surface area contributed by atoms with E-state index in [4.69, 9.17) is 0 Å². The number of hydrogen-bond donors (Lipinski definition) is 2. The van der Waals surface area contributed by atoms with E-state index in [0.717, 1.165) is 16.9 Å². The second kappa shape index (κ2) is 6.79. The van der Waals surface area contributed by atoms with Crippen LogP contribution in [0.4, 0.5) is 5.82 Å². The molecule has 0 aliphatic carbocycles. The van der Waals surface area contributed by atoms with Crippen molar-refractivity contribution in [2.75, 3.05) is 19.0 Å². The Kier molecular flexibility index (Phi) is 5.03. The van der Waals surface area contributed by atoms with Gasteiger partial charge in [-0.15, -0.1) is 0 Å². The van der Waals surface area contributed by atoms with Gasteiger partial charge >= 0.3 is 0 Å². The number of pyridine rings is 1. The third-order valence-corrected chi connectivity index (χ3v) is 3.78. The molecule has 0 unspecified atom stereocenters. The molecule has 2 rings (SSSR count). The van der Waals surface area contributed by atoms with E-state index in [1.54, 1.807) is 18.3 Å². The molecular weight excluding hydrogens is 346 g/mol. The van der Waals surface area contributed by atoms with Crippen molar-refractivity contribution >= 4 is 27.7 Å². The molecule has 2 aromatic rings. The number of aromatic hydroxyl groups is 1. The summed E-state index contributed by atoms with van der Waals surface area (Å²) in [5.41, 5.74) is 2.04. The lowest BCUT2D eigenvalue weighted by Gasteiger charge is -2.12. The summed E-state index contributed by atoms with van der Waals surface area (Å²) in [4.78, 5) is 18.4. The highest BCUT2D eigenvalue weighted by molar-refractivity contribution is 9.10. The first kappa shape index (κ1) is 16.3. The topological polar surface area (TPSA) is 65.5 Å². The maximum Gasteiger partial charge on any atom is 0.255 e. The zero-order valence-electron chi connectivity index (χ0n) is 12.7. The van der Waals surface area contributed by atoms with Gasteiger partial charge in [-0.1, -0.05) is 6.07 Å². The van der Waals surface area contributed by atoms with Crippen LogP contribution in [0.2, 0.25) is 0 Å². The summed E-state index contributed by atoms with van der Waals surface area (Å²) in [6.07, 6.45) is 1.72. The molecule has 0 saturated carbocycles. The van der Waals surface area contributed by atoms with Gasteiger partial charge in [0.2, 0.25) is 0 Å². The van der Waals surface area contributed by atoms with E-state index >= 15 is 0 Å². The molecule has 0 atom stereocenters. The molecule has 5 nitrogen and oxygen atoms in total. The summed E-state index contributed by atoms with van der Waals surface area (Å²) in [5.74, 6) is 0.484. The Hall–Kier alpha value is -2.08. The molecule has 0 radical (unpaired) electrons. The normalized spacial score (nSPS) is 10.4. The number of phenols is 1. The molecule has 6 heteroatoms. The smallest absolute Gasteiger partial charge is 0.255 e. The summed E-state index contributed by atoms with van der Waals surface area (Å²) in [6.45, 7) is 2.22. The van der Waals surface area contributed by atoms with Crippen LogP contribution in [0.25, 0.3) is 0 Å². The summed E-state index contributed by atoms with van der Waals surface area (Å²) in [6, 6.07) is 7.22. The fraction of sp³-hybridized carbons (Fsp3) is 0.250. The molecule has 1 aromatic carbocycles. The van der Waals surface area contributed by atoms with Gasteiger partial charge in [0.05, 0.1) is 10.0 Å². The molecule has 22 heavy (non-hydrogen) atoms. The van der Waals surface area contributed by atoms with Gasteiger partial charge < -0.3 is 15.3 Å². The Bertz CT molecular complexity index is 685. The number of amides is 1. The van der Waals surface area contributed by atoms with Gasteiger partial charge in [0.1, 0.15) is 11.6 Å². The standard InChI is InChI=1S/C16H18BrN3O2/c1-10-6-12(15(21)13(17)7-10)16(22)19-9-11-4-5-14(18-8-11)20(2)3/h4-8,21H,9H2,1-3H3,(H,19,22). The van der Waals surface area contributed by atoms with E-state index in [2.05, 4.69) is 26.2 Å². The number of rotatable bonds is 4. The summed E-state index contributed by atoms with van der Waals surface area (Å²) < 4.78 is 0.509. The van der Waals surface area contributed by atoms with E-state index in [1.165, 1.54) is 0 Å². The molecule has 0 bridgehead atoms. The predicted molar refractivity (Wildman–Crippen MR) is 90.3 cm³/mol. The highest BCUT2D eigenvalue weighted by atomic mass is 79.9. The van der Waals surface area contributed by atoms with Crippen molar-refractivity contribution < 1.29 is 9.90 Å². The first-order valence-electron chi connectivity index (χ1n) is 6.78. The third-order valence-electron chi connectivity index (χ3n) is 3.17. The van der Waals surface area contributed by atoms with Crippen LogP contribution in [0, 0.1) is 6.92 Å². The number of aryl methyl sites for hydroxylation is 1. The highest BCUT2D eigenvalue weighted by Crippen LogP contribution is 2.29. The Morgan fingerprint density at radius 1 is 1.36 bits per heavy atom. The second-order valence-corrected chi connectivity index (χ2v) is 6.10. The Morgan fingerprint density at radius 2 is 2.09 bits per heavy atom. The minimum atomic E-state index is -0.321. The molecule has 1 amide bonds. The lowest BCUT2D eigenvalue weighted by atomic mass is 10.1. The van der Waals surface area contributed by atoms with Crippen LogP contribution in [0.3, 0.4) is 0 Å². The van der Waals surface area contributed by atoms with Crippen molar-refractivity contribution in [1.82, 2.24) is 10.3 Å². The molecule has 0 saturated heterocycles. The molecule has 2 N–H and O–H groups in total. The number of nitrogens with one attached hydrogen (secondary N) is 1. The number of halogens is 1. The van der Waals surface area contributed by atoms with Crippen LogP contribution in [-0.2, 0) is 6.54 Å². The lowest BCUT2D eigenvalue weighted by Crippen LogP contribution is -2.23. The van der Waals surface area contributed by atoms with Crippen LogP contribution >= 0.6 is 15.9 Å².